The fourth-order valence-electron chi connectivity index (χ4n) is 1.14. The summed E-state index contributed by atoms with van der Waals surface area (Å²) in [5, 5.41) is 3.14. The Morgan fingerprint density at radius 1 is 1.20 bits per heavy atom. The van der Waals surface area contributed by atoms with Crippen LogP contribution >= 0.6 is 15.9 Å². The minimum absolute atomic E-state index is 0.444. The first kappa shape index (κ1) is 9.92. The van der Waals surface area contributed by atoms with Crippen LogP contribution < -0.4 is 11.1 Å². The number of nitrogens with zero attached hydrogens (tertiary/aromatic N) is 2. The van der Waals surface area contributed by atoms with Crippen molar-refractivity contribution >= 4 is 33.3 Å². The lowest BCUT2D eigenvalue weighted by atomic mass is 10.3. The Bertz CT molecular complexity index is 472. The Morgan fingerprint density at radius 3 is 2.73 bits per heavy atom. The van der Waals surface area contributed by atoms with E-state index in [4.69, 9.17) is 5.73 Å². The number of benzene rings is 1. The molecule has 1 heterocycles. The summed E-state index contributed by atoms with van der Waals surface area (Å²) in [7, 11) is 0. The van der Waals surface area contributed by atoms with Crippen LogP contribution in [0.4, 0.5) is 17.3 Å². The number of hydrogen-bond acceptors (Lipinski definition) is 4. The highest BCUT2D eigenvalue weighted by Crippen LogP contribution is 2.24. The van der Waals surface area contributed by atoms with Crippen molar-refractivity contribution in [2.24, 2.45) is 0 Å². The van der Waals surface area contributed by atoms with Crippen LogP contribution in [0.2, 0.25) is 0 Å². The normalized spacial score (nSPS) is 9.93. The lowest BCUT2D eigenvalue weighted by molar-refractivity contribution is 1.17. The lowest BCUT2D eigenvalue weighted by Gasteiger charge is -2.06. The first-order valence-corrected chi connectivity index (χ1v) is 5.14. The van der Waals surface area contributed by atoms with Crippen molar-refractivity contribution in [2.75, 3.05) is 11.1 Å². The zero-order chi connectivity index (χ0) is 10.7. The van der Waals surface area contributed by atoms with E-state index in [0.717, 1.165) is 10.2 Å². The summed E-state index contributed by atoms with van der Waals surface area (Å²) in [5.41, 5.74) is 6.49. The molecule has 0 aliphatic carbocycles. The van der Waals surface area contributed by atoms with Crippen molar-refractivity contribution < 1.29 is 0 Å². The molecule has 0 radical (unpaired) electrons. The molecular formula is C10H9BrN4. The number of nitrogens with one attached hydrogen (secondary N) is 1. The van der Waals surface area contributed by atoms with E-state index in [0.29, 0.717) is 11.6 Å². The van der Waals surface area contributed by atoms with Gasteiger partial charge in [0.25, 0.3) is 0 Å². The number of nitrogens with two attached hydrogens (primary N) is 1. The first-order valence-electron chi connectivity index (χ1n) is 4.35. The van der Waals surface area contributed by atoms with E-state index in [1.165, 1.54) is 6.33 Å². The minimum Gasteiger partial charge on any atom is -0.384 e. The number of nitrogen functional groups attached to an aromatic ring is 1. The molecule has 5 heteroatoms. The Kier molecular flexibility index (Phi) is 2.82. The van der Waals surface area contributed by atoms with Gasteiger partial charge in [0.15, 0.2) is 0 Å². The Hall–Kier alpha value is -1.62. The molecule has 0 atom stereocenters. The zero-order valence-corrected chi connectivity index (χ0v) is 9.40. The molecule has 0 saturated carbocycles. The molecule has 4 nitrogen and oxygen atoms in total. The molecule has 1 aromatic heterocycles. The second kappa shape index (κ2) is 4.27. The average molecular weight is 265 g/mol. The van der Waals surface area contributed by atoms with Crippen LogP contribution in [-0.4, -0.2) is 9.97 Å². The molecule has 3 N–H and O–H groups in total. The molecular weight excluding hydrogens is 256 g/mol. The molecule has 0 spiro atoms. The van der Waals surface area contributed by atoms with E-state index in [1.807, 2.05) is 24.3 Å². The van der Waals surface area contributed by atoms with Gasteiger partial charge in [-0.2, -0.15) is 0 Å². The highest BCUT2D eigenvalue weighted by molar-refractivity contribution is 9.10. The van der Waals surface area contributed by atoms with Gasteiger partial charge in [0, 0.05) is 10.5 Å². The molecule has 0 unspecified atom stereocenters. The standard InChI is InChI=1S/C10H9BrN4/c11-7-3-1-2-4-8(7)15-10-5-9(12)13-6-14-10/h1-6H,(H3,12,13,14,15). The smallest absolute Gasteiger partial charge is 0.135 e. The van der Waals surface area contributed by atoms with Gasteiger partial charge >= 0.3 is 0 Å². The van der Waals surface area contributed by atoms with Gasteiger partial charge < -0.3 is 11.1 Å². The maximum atomic E-state index is 5.55. The number of halogens is 1. The van der Waals surface area contributed by atoms with Gasteiger partial charge in [-0.25, -0.2) is 9.97 Å². The number of aromatic nitrogens is 2. The molecule has 0 amide bonds. The van der Waals surface area contributed by atoms with Crippen molar-refractivity contribution in [2.45, 2.75) is 0 Å². The number of para-hydroxylation sites is 1. The second-order valence-electron chi connectivity index (χ2n) is 2.93. The topological polar surface area (TPSA) is 63.8 Å². The van der Waals surface area contributed by atoms with Crippen molar-refractivity contribution in [3.63, 3.8) is 0 Å². The van der Waals surface area contributed by atoms with Crippen molar-refractivity contribution in [3.05, 3.63) is 41.1 Å². The molecule has 1 aromatic carbocycles. The summed E-state index contributed by atoms with van der Waals surface area (Å²) >= 11 is 3.44. The fourth-order valence-corrected chi connectivity index (χ4v) is 1.53. The van der Waals surface area contributed by atoms with Gasteiger partial charge in [-0.15, -0.1) is 0 Å². The highest BCUT2D eigenvalue weighted by atomic mass is 79.9. The SMILES string of the molecule is Nc1cc(Nc2ccccc2Br)ncn1. The average Bonchev–Trinajstić information content (AvgIpc) is 2.22. The Morgan fingerprint density at radius 2 is 2.00 bits per heavy atom. The molecule has 15 heavy (non-hydrogen) atoms. The Balaban J connectivity index is 2.26. The molecule has 2 aromatic rings. The largest absolute Gasteiger partial charge is 0.384 e. The van der Waals surface area contributed by atoms with E-state index < -0.39 is 0 Å². The van der Waals surface area contributed by atoms with Crippen LogP contribution in [0.3, 0.4) is 0 Å². The van der Waals surface area contributed by atoms with Gasteiger partial charge in [-0.1, -0.05) is 12.1 Å². The van der Waals surface area contributed by atoms with Crippen molar-refractivity contribution in [3.8, 4) is 0 Å². The van der Waals surface area contributed by atoms with E-state index in [9.17, 15) is 0 Å². The van der Waals surface area contributed by atoms with Gasteiger partial charge in [0.2, 0.25) is 0 Å². The van der Waals surface area contributed by atoms with Gasteiger partial charge in [-0.3, -0.25) is 0 Å². The monoisotopic (exact) mass is 264 g/mol. The van der Waals surface area contributed by atoms with Gasteiger partial charge in [0.05, 0.1) is 5.69 Å². The van der Waals surface area contributed by atoms with Gasteiger partial charge in [-0.05, 0) is 28.1 Å². The minimum atomic E-state index is 0.444. The summed E-state index contributed by atoms with van der Waals surface area (Å²) in [4.78, 5) is 7.87. The van der Waals surface area contributed by atoms with Crippen LogP contribution in [0.25, 0.3) is 0 Å². The van der Waals surface area contributed by atoms with Crippen LogP contribution in [0.1, 0.15) is 0 Å². The van der Waals surface area contributed by atoms with Crippen LogP contribution in [0.5, 0.6) is 0 Å². The molecule has 0 saturated heterocycles. The molecule has 0 aliphatic rings. The third-order valence-electron chi connectivity index (χ3n) is 1.82. The summed E-state index contributed by atoms with van der Waals surface area (Å²) in [6.45, 7) is 0. The maximum Gasteiger partial charge on any atom is 0.135 e. The number of rotatable bonds is 2. The predicted octanol–water partition coefficient (Wildman–Crippen LogP) is 2.56. The van der Waals surface area contributed by atoms with Crippen molar-refractivity contribution in [1.82, 2.24) is 9.97 Å². The molecule has 0 fully saturated rings. The molecule has 0 aliphatic heterocycles. The van der Waals surface area contributed by atoms with Crippen LogP contribution in [0, 0.1) is 0 Å². The predicted molar refractivity (Wildman–Crippen MR) is 63.9 cm³/mol. The van der Waals surface area contributed by atoms with E-state index in [-0.39, 0.29) is 0 Å². The first-order chi connectivity index (χ1) is 7.25. The summed E-state index contributed by atoms with van der Waals surface area (Å²) in [6.07, 6.45) is 1.43. The lowest BCUT2D eigenvalue weighted by Crippen LogP contribution is -1.97. The summed E-state index contributed by atoms with van der Waals surface area (Å²) < 4.78 is 0.974. The zero-order valence-electron chi connectivity index (χ0n) is 7.81. The van der Waals surface area contributed by atoms with Crippen molar-refractivity contribution in [1.29, 1.82) is 0 Å². The highest BCUT2D eigenvalue weighted by Gasteiger charge is 2.00. The maximum absolute atomic E-state index is 5.55. The van der Waals surface area contributed by atoms with E-state index >= 15 is 0 Å². The van der Waals surface area contributed by atoms with Crippen LogP contribution in [0.15, 0.2) is 41.1 Å². The molecule has 2 rings (SSSR count). The quantitative estimate of drug-likeness (QED) is 0.875. The second-order valence-corrected chi connectivity index (χ2v) is 3.79. The summed E-state index contributed by atoms with van der Waals surface area (Å²) in [6, 6.07) is 9.47. The fraction of sp³-hybridized carbons (Fsp3) is 0. The van der Waals surface area contributed by atoms with Crippen LogP contribution in [-0.2, 0) is 0 Å². The third kappa shape index (κ3) is 2.44. The molecule has 0 bridgehead atoms. The van der Waals surface area contributed by atoms with E-state index in [1.54, 1.807) is 6.07 Å². The van der Waals surface area contributed by atoms with Gasteiger partial charge in [0.1, 0.15) is 18.0 Å². The Labute approximate surface area is 95.7 Å². The summed E-state index contributed by atoms with van der Waals surface area (Å²) in [5.74, 6) is 1.12. The van der Waals surface area contributed by atoms with E-state index in [2.05, 4.69) is 31.2 Å². The molecule has 76 valence electrons. The third-order valence-corrected chi connectivity index (χ3v) is 2.52. The number of hydrogen-bond donors (Lipinski definition) is 2. The number of anilines is 3.